The highest BCUT2D eigenvalue weighted by Gasteiger charge is 2.17. The molecule has 3 nitrogen and oxygen atoms in total. The van der Waals surface area contributed by atoms with Crippen molar-refractivity contribution in [3.8, 4) is 0 Å². The third-order valence-electron chi connectivity index (χ3n) is 2.33. The van der Waals surface area contributed by atoms with Crippen LogP contribution in [0.1, 0.15) is 53.4 Å². The summed E-state index contributed by atoms with van der Waals surface area (Å²) >= 11 is 0. The van der Waals surface area contributed by atoms with E-state index in [9.17, 15) is 9.90 Å². The first-order chi connectivity index (χ1) is 6.85. The maximum absolute atomic E-state index is 11.3. The molecule has 0 heterocycles. The van der Waals surface area contributed by atoms with Gasteiger partial charge >= 0.3 is 0 Å². The fourth-order valence-corrected chi connectivity index (χ4v) is 1.55. The van der Waals surface area contributed by atoms with Gasteiger partial charge < -0.3 is 10.4 Å². The van der Waals surface area contributed by atoms with Crippen LogP contribution < -0.4 is 5.32 Å². The standard InChI is InChI=1S/C12H25NO2/c1-5-6-10(2)7-8-13-11(14)9-12(3,4)15/h10,15H,5-9H2,1-4H3,(H,13,14). The molecular weight excluding hydrogens is 190 g/mol. The van der Waals surface area contributed by atoms with Gasteiger partial charge in [0.1, 0.15) is 0 Å². The van der Waals surface area contributed by atoms with E-state index in [1.807, 2.05) is 0 Å². The van der Waals surface area contributed by atoms with Gasteiger partial charge in [0.15, 0.2) is 0 Å². The van der Waals surface area contributed by atoms with Gasteiger partial charge in [-0.3, -0.25) is 4.79 Å². The van der Waals surface area contributed by atoms with Crippen molar-refractivity contribution < 1.29 is 9.90 Å². The van der Waals surface area contributed by atoms with Crippen molar-refractivity contribution in [2.45, 2.75) is 59.0 Å². The maximum Gasteiger partial charge on any atom is 0.222 e. The predicted octanol–water partition coefficient (Wildman–Crippen LogP) is 2.09. The topological polar surface area (TPSA) is 49.3 Å². The summed E-state index contributed by atoms with van der Waals surface area (Å²) in [6.07, 6.45) is 3.60. The predicted molar refractivity (Wildman–Crippen MR) is 62.6 cm³/mol. The van der Waals surface area contributed by atoms with Crippen molar-refractivity contribution in [2.75, 3.05) is 6.54 Å². The molecule has 0 saturated carbocycles. The van der Waals surface area contributed by atoms with Gasteiger partial charge in [0.25, 0.3) is 0 Å². The third-order valence-corrected chi connectivity index (χ3v) is 2.33. The summed E-state index contributed by atoms with van der Waals surface area (Å²) in [4.78, 5) is 11.3. The molecule has 0 bridgehead atoms. The van der Waals surface area contributed by atoms with Crippen LogP contribution >= 0.6 is 0 Å². The first kappa shape index (κ1) is 14.4. The number of carbonyl (C=O) groups is 1. The van der Waals surface area contributed by atoms with Gasteiger partial charge in [0.05, 0.1) is 12.0 Å². The highest BCUT2D eigenvalue weighted by molar-refractivity contribution is 5.76. The molecule has 0 fully saturated rings. The maximum atomic E-state index is 11.3. The molecule has 0 saturated heterocycles. The smallest absolute Gasteiger partial charge is 0.222 e. The molecular formula is C12H25NO2. The van der Waals surface area contributed by atoms with E-state index in [1.54, 1.807) is 13.8 Å². The zero-order chi connectivity index (χ0) is 11.9. The Balaban J connectivity index is 3.55. The van der Waals surface area contributed by atoms with Crippen LogP contribution in [0.3, 0.4) is 0 Å². The molecule has 0 aliphatic carbocycles. The van der Waals surface area contributed by atoms with E-state index in [1.165, 1.54) is 12.8 Å². The Morgan fingerprint density at radius 3 is 2.47 bits per heavy atom. The summed E-state index contributed by atoms with van der Waals surface area (Å²) in [6.45, 7) is 8.38. The van der Waals surface area contributed by atoms with E-state index < -0.39 is 5.60 Å². The molecule has 0 aromatic heterocycles. The van der Waals surface area contributed by atoms with Crippen molar-refractivity contribution in [1.82, 2.24) is 5.32 Å². The van der Waals surface area contributed by atoms with Crippen molar-refractivity contribution in [3.05, 3.63) is 0 Å². The van der Waals surface area contributed by atoms with Crippen LogP contribution in [0.2, 0.25) is 0 Å². The molecule has 0 aromatic carbocycles. The number of rotatable bonds is 7. The first-order valence-electron chi connectivity index (χ1n) is 5.84. The molecule has 0 aliphatic heterocycles. The van der Waals surface area contributed by atoms with Gasteiger partial charge in [0.2, 0.25) is 5.91 Å². The van der Waals surface area contributed by atoms with Gasteiger partial charge in [-0.05, 0) is 26.2 Å². The third kappa shape index (κ3) is 9.73. The quantitative estimate of drug-likeness (QED) is 0.683. The molecule has 1 unspecified atom stereocenters. The van der Waals surface area contributed by atoms with E-state index in [2.05, 4.69) is 19.2 Å². The van der Waals surface area contributed by atoms with Crippen LogP contribution in [0.15, 0.2) is 0 Å². The molecule has 0 aliphatic rings. The van der Waals surface area contributed by atoms with E-state index in [-0.39, 0.29) is 12.3 Å². The van der Waals surface area contributed by atoms with Gasteiger partial charge in [-0.15, -0.1) is 0 Å². The zero-order valence-corrected chi connectivity index (χ0v) is 10.5. The van der Waals surface area contributed by atoms with Gasteiger partial charge in [-0.25, -0.2) is 0 Å². The number of hydrogen-bond donors (Lipinski definition) is 2. The average Bonchev–Trinajstić information content (AvgIpc) is 2.00. The van der Waals surface area contributed by atoms with Crippen LogP contribution in [0.5, 0.6) is 0 Å². The fraction of sp³-hybridized carbons (Fsp3) is 0.917. The Labute approximate surface area is 93.3 Å². The van der Waals surface area contributed by atoms with Crippen LogP contribution in [0.25, 0.3) is 0 Å². The number of amides is 1. The van der Waals surface area contributed by atoms with Gasteiger partial charge in [-0.1, -0.05) is 26.7 Å². The van der Waals surface area contributed by atoms with Crippen molar-refractivity contribution in [2.24, 2.45) is 5.92 Å². The SMILES string of the molecule is CCCC(C)CCNC(=O)CC(C)(C)O. The average molecular weight is 215 g/mol. The Bertz CT molecular complexity index is 185. The van der Waals surface area contributed by atoms with E-state index in [0.717, 1.165) is 13.0 Å². The minimum Gasteiger partial charge on any atom is -0.390 e. The Hall–Kier alpha value is -0.570. The monoisotopic (exact) mass is 215 g/mol. The van der Waals surface area contributed by atoms with Crippen molar-refractivity contribution in [1.29, 1.82) is 0 Å². The number of nitrogens with one attached hydrogen (secondary N) is 1. The second-order valence-electron chi connectivity index (χ2n) is 5.02. The molecule has 1 atom stereocenters. The second kappa shape index (κ2) is 6.83. The number of carbonyl (C=O) groups excluding carboxylic acids is 1. The lowest BCUT2D eigenvalue weighted by atomic mass is 10.0. The highest BCUT2D eigenvalue weighted by Crippen LogP contribution is 2.09. The summed E-state index contributed by atoms with van der Waals surface area (Å²) in [5.74, 6) is 0.601. The number of aliphatic hydroxyl groups is 1. The largest absolute Gasteiger partial charge is 0.390 e. The lowest BCUT2D eigenvalue weighted by Gasteiger charge is -2.17. The van der Waals surface area contributed by atoms with Crippen LogP contribution in [0, 0.1) is 5.92 Å². The van der Waals surface area contributed by atoms with Crippen LogP contribution in [-0.4, -0.2) is 23.2 Å². The Morgan fingerprint density at radius 2 is 2.00 bits per heavy atom. The molecule has 3 heteroatoms. The molecule has 0 spiro atoms. The Morgan fingerprint density at radius 1 is 1.40 bits per heavy atom. The van der Waals surface area contributed by atoms with Crippen molar-refractivity contribution >= 4 is 5.91 Å². The molecule has 15 heavy (non-hydrogen) atoms. The molecule has 0 radical (unpaired) electrons. The van der Waals surface area contributed by atoms with Gasteiger partial charge in [0, 0.05) is 6.54 Å². The summed E-state index contributed by atoms with van der Waals surface area (Å²) in [5.41, 5.74) is -0.904. The summed E-state index contributed by atoms with van der Waals surface area (Å²) in [7, 11) is 0. The summed E-state index contributed by atoms with van der Waals surface area (Å²) in [5, 5.41) is 12.2. The minimum absolute atomic E-state index is 0.0637. The molecule has 0 aromatic rings. The fourth-order valence-electron chi connectivity index (χ4n) is 1.55. The minimum atomic E-state index is -0.904. The number of hydrogen-bond acceptors (Lipinski definition) is 2. The Kier molecular flexibility index (Phi) is 6.57. The lowest BCUT2D eigenvalue weighted by molar-refractivity contribution is -0.124. The molecule has 90 valence electrons. The summed E-state index contributed by atoms with van der Waals surface area (Å²) in [6, 6.07) is 0. The lowest BCUT2D eigenvalue weighted by Crippen LogP contribution is -2.33. The second-order valence-corrected chi connectivity index (χ2v) is 5.02. The van der Waals surface area contributed by atoms with Crippen LogP contribution in [-0.2, 0) is 4.79 Å². The van der Waals surface area contributed by atoms with E-state index in [4.69, 9.17) is 0 Å². The first-order valence-corrected chi connectivity index (χ1v) is 5.84. The van der Waals surface area contributed by atoms with Crippen LogP contribution in [0.4, 0.5) is 0 Å². The van der Waals surface area contributed by atoms with Crippen molar-refractivity contribution in [3.63, 3.8) is 0 Å². The molecule has 0 rings (SSSR count). The summed E-state index contributed by atoms with van der Waals surface area (Å²) < 4.78 is 0. The van der Waals surface area contributed by atoms with E-state index in [0.29, 0.717) is 5.92 Å². The molecule has 2 N–H and O–H groups in total. The van der Waals surface area contributed by atoms with Gasteiger partial charge in [-0.2, -0.15) is 0 Å². The van der Waals surface area contributed by atoms with E-state index >= 15 is 0 Å². The normalized spacial score (nSPS) is 13.7. The zero-order valence-electron chi connectivity index (χ0n) is 10.5. The molecule has 1 amide bonds. The highest BCUT2D eigenvalue weighted by atomic mass is 16.3.